The Morgan fingerprint density at radius 1 is 1.25 bits per heavy atom. The standard InChI is InChI=1S/C17H16N4O3/c1-11-19-16-14(4-3-9-18-16)17(23)21(11)13-7-5-12(6-8-13)20-15(22)10-24-2/h3-9H,10H2,1-2H3,(H,20,22). The van der Waals surface area contributed by atoms with Gasteiger partial charge in [-0.05, 0) is 43.3 Å². The number of nitrogens with zero attached hydrogens (tertiary/aromatic N) is 3. The van der Waals surface area contributed by atoms with Gasteiger partial charge in [0.25, 0.3) is 5.56 Å². The van der Waals surface area contributed by atoms with Crippen LogP contribution in [-0.4, -0.2) is 34.2 Å². The van der Waals surface area contributed by atoms with Crippen LogP contribution in [-0.2, 0) is 9.53 Å². The Morgan fingerprint density at radius 3 is 2.71 bits per heavy atom. The quantitative estimate of drug-likeness (QED) is 0.789. The SMILES string of the molecule is COCC(=O)Nc1ccc(-n2c(C)nc3ncccc3c2=O)cc1. The monoisotopic (exact) mass is 324 g/mol. The summed E-state index contributed by atoms with van der Waals surface area (Å²) in [5.74, 6) is 0.305. The van der Waals surface area contributed by atoms with E-state index < -0.39 is 0 Å². The summed E-state index contributed by atoms with van der Waals surface area (Å²) in [5.41, 5.74) is 1.55. The van der Waals surface area contributed by atoms with Gasteiger partial charge in [-0.3, -0.25) is 14.2 Å². The number of aryl methyl sites for hydroxylation is 1. The Morgan fingerprint density at radius 2 is 2.00 bits per heavy atom. The molecule has 7 heteroatoms. The number of nitrogens with one attached hydrogen (secondary N) is 1. The van der Waals surface area contributed by atoms with Crippen LogP contribution in [0, 0.1) is 6.92 Å². The summed E-state index contributed by atoms with van der Waals surface area (Å²) in [4.78, 5) is 32.7. The van der Waals surface area contributed by atoms with Gasteiger partial charge in [-0.25, -0.2) is 9.97 Å². The minimum Gasteiger partial charge on any atom is -0.375 e. The van der Waals surface area contributed by atoms with Crippen molar-refractivity contribution in [3.63, 3.8) is 0 Å². The summed E-state index contributed by atoms with van der Waals surface area (Å²) in [7, 11) is 1.46. The van der Waals surface area contributed by atoms with Crippen LogP contribution in [0.4, 0.5) is 5.69 Å². The second-order valence-electron chi connectivity index (χ2n) is 5.20. The number of rotatable bonds is 4. The van der Waals surface area contributed by atoms with E-state index in [2.05, 4.69) is 15.3 Å². The highest BCUT2D eigenvalue weighted by atomic mass is 16.5. The van der Waals surface area contributed by atoms with Crippen molar-refractivity contribution < 1.29 is 9.53 Å². The van der Waals surface area contributed by atoms with Crippen LogP contribution in [0.2, 0.25) is 0 Å². The van der Waals surface area contributed by atoms with E-state index in [1.165, 1.54) is 11.7 Å². The molecule has 1 aromatic carbocycles. The summed E-state index contributed by atoms with van der Waals surface area (Å²) in [6, 6.07) is 10.4. The molecule has 122 valence electrons. The van der Waals surface area contributed by atoms with Crippen molar-refractivity contribution in [1.29, 1.82) is 0 Å². The van der Waals surface area contributed by atoms with E-state index in [1.54, 1.807) is 49.5 Å². The van der Waals surface area contributed by atoms with E-state index >= 15 is 0 Å². The molecule has 0 fully saturated rings. The van der Waals surface area contributed by atoms with Crippen molar-refractivity contribution in [2.24, 2.45) is 0 Å². The Hall–Kier alpha value is -3.06. The fourth-order valence-corrected chi connectivity index (χ4v) is 2.45. The molecule has 0 radical (unpaired) electrons. The van der Waals surface area contributed by atoms with Crippen molar-refractivity contribution in [3.05, 3.63) is 58.8 Å². The van der Waals surface area contributed by atoms with Gasteiger partial charge in [0.05, 0.1) is 11.1 Å². The number of hydrogen-bond donors (Lipinski definition) is 1. The highest BCUT2D eigenvalue weighted by Gasteiger charge is 2.10. The van der Waals surface area contributed by atoms with Gasteiger partial charge in [-0.15, -0.1) is 0 Å². The molecule has 0 unspecified atom stereocenters. The number of fused-ring (bicyclic) bond motifs is 1. The first kappa shape index (κ1) is 15.8. The first-order valence-corrected chi connectivity index (χ1v) is 7.34. The number of pyridine rings is 1. The van der Waals surface area contributed by atoms with Crippen molar-refractivity contribution in [3.8, 4) is 5.69 Å². The van der Waals surface area contributed by atoms with Crippen LogP contribution in [0.1, 0.15) is 5.82 Å². The van der Waals surface area contributed by atoms with Crippen molar-refractivity contribution in [2.45, 2.75) is 6.92 Å². The van der Waals surface area contributed by atoms with Gasteiger partial charge in [-0.1, -0.05) is 0 Å². The average Bonchev–Trinajstić information content (AvgIpc) is 2.56. The first-order valence-electron chi connectivity index (χ1n) is 7.34. The molecule has 1 N–H and O–H groups in total. The number of methoxy groups -OCH3 is 1. The fourth-order valence-electron chi connectivity index (χ4n) is 2.45. The zero-order valence-corrected chi connectivity index (χ0v) is 13.3. The third-order valence-corrected chi connectivity index (χ3v) is 3.50. The largest absolute Gasteiger partial charge is 0.375 e. The molecule has 0 spiro atoms. The van der Waals surface area contributed by atoms with Gasteiger partial charge >= 0.3 is 0 Å². The van der Waals surface area contributed by atoms with Crippen LogP contribution in [0.3, 0.4) is 0 Å². The molecule has 0 aliphatic carbocycles. The number of anilines is 1. The number of hydrogen-bond acceptors (Lipinski definition) is 5. The number of aromatic nitrogens is 3. The molecular formula is C17H16N4O3. The van der Waals surface area contributed by atoms with Crippen LogP contribution in [0.5, 0.6) is 0 Å². The summed E-state index contributed by atoms with van der Waals surface area (Å²) in [6.07, 6.45) is 1.61. The molecule has 3 rings (SSSR count). The maximum absolute atomic E-state index is 12.7. The lowest BCUT2D eigenvalue weighted by Gasteiger charge is -2.11. The zero-order chi connectivity index (χ0) is 17.1. The van der Waals surface area contributed by atoms with Crippen LogP contribution in [0.15, 0.2) is 47.4 Å². The summed E-state index contributed by atoms with van der Waals surface area (Å²) in [5, 5.41) is 3.16. The number of carbonyl (C=O) groups is 1. The van der Waals surface area contributed by atoms with Gasteiger partial charge in [-0.2, -0.15) is 0 Å². The Labute approximate surface area is 137 Å². The molecule has 1 amide bonds. The van der Waals surface area contributed by atoms with E-state index in [1.807, 2.05) is 0 Å². The molecule has 0 aliphatic rings. The second kappa shape index (κ2) is 6.59. The number of amides is 1. The number of carbonyl (C=O) groups excluding carboxylic acids is 1. The molecule has 3 aromatic rings. The predicted octanol–water partition coefficient (Wildman–Crippen LogP) is 1.67. The molecular weight excluding hydrogens is 308 g/mol. The van der Waals surface area contributed by atoms with Crippen LogP contribution < -0.4 is 10.9 Å². The number of ether oxygens (including phenoxy) is 1. The van der Waals surface area contributed by atoms with Crippen molar-refractivity contribution in [1.82, 2.24) is 14.5 Å². The fraction of sp³-hybridized carbons (Fsp3) is 0.176. The summed E-state index contributed by atoms with van der Waals surface area (Å²) in [6.45, 7) is 1.74. The normalized spacial score (nSPS) is 10.8. The van der Waals surface area contributed by atoms with E-state index in [9.17, 15) is 9.59 Å². The molecule has 2 aromatic heterocycles. The van der Waals surface area contributed by atoms with E-state index in [4.69, 9.17) is 4.74 Å². The minimum absolute atomic E-state index is 0.0120. The summed E-state index contributed by atoms with van der Waals surface area (Å²) >= 11 is 0. The molecule has 0 saturated heterocycles. The lowest BCUT2D eigenvalue weighted by atomic mass is 10.2. The van der Waals surface area contributed by atoms with E-state index in [-0.39, 0.29) is 18.1 Å². The lowest BCUT2D eigenvalue weighted by Crippen LogP contribution is -2.22. The molecule has 0 atom stereocenters. The maximum atomic E-state index is 12.7. The smallest absolute Gasteiger partial charge is 0.267 e. The van der Waals surface area contributed by atoms with Crippen molar-refractivity contribution >= 4 is 22.6 Å². The lowest BCUT2D eigenvalue weighted by molar-refractivity contribution is -0.119. The first-order chi connectivity index (χ1) is 11.6. The second-order valence-corrected chi connectivity index (χ2v) is 5.20. The maximum Gasteiger partial charge on any atom is 0.267 e. The van der Waals surface area contributed by atoms with Gasteiger partial charge < -0.3 is 10.1 Å². The van der Waals surface area contributed by atoms with Gasteiger partial charge in [0.1, 0.15) is 12.4 Å². The van der Waals surface area contributed by atoms with Gasteiger partial charge in [0.15, 0.2) is 5.65 Å². The van der Waals surface area contributed by atoms with E-state index in [0.717, 1.165) is 0 Å². The third kappa shape index (κ3) is 3.02. The average molecular weight is 324 g/mol. The molecule has 24 heavy (non-hydrogen) atoms. The van der Waals surface area contributed by atoms with Crippen LogP contribution in [0.25, 0.3) is 16.7 Å². The van der Waals surface area contributed by atoms with Crippen molar-refractivity contribution in [2.75, 3.05) is 19.0 Å². The minimum atomic E-state index is -0.239. The molecule has 0 aliphatic heterocycles. The molecule has 0 saturated carbocycles. The van der Waals surface area contributed by atoms with Gasteiger partial charge in [0.2, 0.25) is 5.91 Å². The Kier molecular flexibility index (Phi) is 4.35. The Bertz CT molecular complexity index is 948. The molecule has 0 bridgehead atoms. The molecule has 2 heterocycles. The zero-order valence-electron chi connectivity index (χ0n) is 13.3. The highest BCUT2D eigenvalue weighted by Crippen LogP contribution is 2.14. The highest BCUT2D eigenvalue weighted by molar-refractivity contribution is 5.91. The van der Waals surface area contributed by atoms with Crippen LogP contribution >= 0.6 is 0 Å². The topological polar surface area (TPSA) is 86.1 Å². The molecule has 7 nitrogen and oxygen atoms in total. The number of benzene rings is 1. The summed E-state index contributed by atoms with van der Waals surface area (Å²) < 4.78 is 6.29. The predicted molar refractivity (Wildman–Crippen MR) is 90.4 cm³/mol. The Balaban J connectivity index is 1.99. The third-order valence-electron chi connectivity index (χ3n) is 3.50. The van der Waals surface area contributed by atoms with Gasteiger partial charge in [0, 0.05) is 19.0 Å². The van der Waals surface area contributed by atoms with E-state index in [0.29, 0.717) is 28.2 Å².